The van der Waals surface area contributed by atoms with Crippen LogP contribution in [-0.4, -0.2) is 17.6 Å². The number of nitrogens with one attached hydrogen (secondary N) is 2. The molecule has 1 aromatic carbocycles. The molecule has 1 fully saturated rings. The zero-order chi connectivity index (χ0) is 14.5. The number of anilines is 1. The van der Waals surface area contributed by atoms with E-state index >= 15 is 0 Å². The molecule has 1 saturated carbocycles. The molecule has 1 aliphatic carbocycles. The van der Waals surface area contributed by atoms with Gasteiger partial charge in [0.2, 0.25) is 5.91 Å². The monoisotopic (exact) mass is 292 g/mol. The summed E-state index contributed by atoms with van der Waals surface area (Å²) >= 11 is 5.12. The number of thiocarbonyl (C=S) groups is 1. The Morgan fingerprint density at radius 2 is 2.20 bits per heavy atom. The Hall–Kier alpha value is -1.62. The molecule has 108 valence electrons. The van der Waals surface area contributed by atoms with Gasteiger partial charge in [-0.25, -0.2) is 0 Å². The first-order valence-electron chi connectivity index (χ1n) is 6.89. The fraction of sp³-hybridized carbons (Fsp3) is 0.467. The third kappa shape index (κ3) is 4.81. The van der Waals surface area contributed by atoms with Gasteiger partial charge in [-0.15, -0.1) is 0 Å². The summed E-state index contributed by atoms with van der Waals surface area (Å²) in [6.45, 7) is 4.88. The summed E-state index contributed by atoms with van der Waals surface area (Å²) < 4.78 is 5.65. The number of carbonyl (C=O) groups excluding carboxylic acids is 1. The topological polar surface area (TPSA) is 50.4 Å². The number of benzene rings is 1. The van der Waals surface area contributed by atoms with E-state index in [0.29, 0.717) is 17.6 Å². The Morgan fingerprint density at radius 3 is 2.85 bits per heavy atom. The highest BCUT2D eigenvalue weighted by Gasteiger charge is 2.29. The van der Waals surface area contributed by atoms with Crippen LogP contribution in [-0.2, 0) is 4.79 Å². The van der Waals surface area contributed by atoms with Crippen LogP contribution in [0, 0.1) is 11.8 Å². The second-order valence-corrected chi connectivity index (χ2v) is 5.86. The van der Waals surface area contributed by atoms with Crippen LogP contribution in [0.15, 0.2) is 24.3 Å². The van der Waals surface area contributed by atoms with Crippen molar-refractivity contribution in [3.05, 3.63) is 24.3 Å². The van der Waals surface area contributed by atoms with E-state index in [-0.39, 0.29) is 11.8 Å². The minimum Gasteiger partial charge on any atom is -0.493 e. The van der Waals surface area contributed by atoms with Gasteiger partial charge in [-0.05, 0) is 43.1 Å². The smallest absolute Gasteiger partial charge is 0.229 e. The molecule has 1 aliphatic rings. The van der Waals surface area contributed by atoms with Gasteiger partial charge in [0.05, 0.1) is 6.61 Å². The average Bonchev–Trinajstić information content (AvgIpc) is 3.20. The number of ether oxygens (including phenoxy) is 1. The maximum absolute atomic E-state index is 11.6. The molecule has 20 heavy (non-hydrogen) atoms. The van der Waals surface area contributed by atoms with Gasteiger partial charge in [-0.3, -0.25) is 4.79 Å². The summed E-state index contributed by atoms with van der Waals surface area (Å²) in [6, 6.07) is 7.55. The molecule has 0 radical (unpaired) electrons. The number of hydrogen-bond donors (Lipinski definition) is 2. The summed E-state index contributed by atoms with van der Waals surface area (Å²) in [7, 11) is 0. The lowest BCUT2D eigenvalue weighted by atomic mass is 10.2. The highest BCUT2D eigenvalue weighted by atomic mass is 32.1. The quantitative estimate of drug-likeness (QED) is 0.819. The van der Waals surface area contributed by atoms with E-state index in [0.717, 1.165) is 24.3 Å². The minimum atomic E-state index is 0.00899. The summed E-state index contributed by atoms with van der Waals surface area (Å²) in [5.74, 6) is 1.43. The molecule has 0 heterocycles. The van der Waals surface area contributed by atoms with E-state index < -0.39 is 0 Å². The van der Waals surface area contributed by atoms with Gasteiger partial charge in [0.15, 0.2) is 5.11 Å². The predicted molar refractivity (Wildman–Crippen MR) is 83.9 cm³/mol. The Kier molecular flexibility index (Phi) is 4.95. The first-order chi connectivity index (χ1) is 9.54. The molecule has 1 amide bonds. The van der Waals surface area contributed by atoms with Crippen molar-refractivity contribution in [3.63, 3.8) is 0 Å². The van der Waals surface area contributed by atoms with Crippen molar-refractivity contribution in [2.24, 2.45) is 11.8 Å². The fourth-order valence-corrected chi connectivity index (χ4v) is 1.87. The van der Waals surface area contributed by atoms with Crippen molar-refractivity contribution in [1.29, 1.82) is 0 Å². The molecular formula is C15H20N2O2S. The SMILES string of the molecule is CC(C)COc1cccc(NC(=S)NC(=O)C2CC2)c1. The highest BCUT2D eigenvalue weighted by molar-refractivity contribution is 7.80. The average molecular weight is 292 g/mol. The van der Waals surface area contributed by atoms with Gasteiger partial charge in [0.25, 0.3) is 0 Å². The number of rotatable bonds is 5. The van der Waals surface area contributed by atoms with Crippen molar-refractivity contribution in [2.45, 2.75) is 26.7 Å². The number of amides is 1. The lowest BCUT2D eigenvalue weighted by Gasteiger charge is -2.12. The van der Waals surface area contributed by atoms with Gasteiger partial charge < -0.3 is 15.4 Å². The Balaban J connectivity index is 1.86. The van der Waals surface area contributed by atoms with Crippen LogP contribution in [0.3, 0.4) is 0 Å². The summed E-state index contributed by atoms with van der Waals surface area (Å²) in [4.78, 5) is 11.6. The lowest BCUT2D eigenvalue weighted by Crippen LogP contribution is -2.35. The first-order valence-corrected chi connectivity index (χ1v) is 7.30. The molecule has 2 N–H and O–H groups in total. The number of hydrogen-bond acceptors (Lipinski definition) is 3. The van der Waals surface area contributed by atoms with Crippen molar-refractivity contribution in [3.8, 4) is 5.75 Å². The Labute approximate surface area is 124 Å². The van der Waals surface area contributed by atoms with E-state index in [2.05, 4.69) is 24.5 Å². The van der Waals surface area contributed by atoms with Crippen LogP contribution in [0.25, 0.3) is 0 Å². The largest absolute Gasteiger partial charge is 0.493 e. The van der Waals surface area contributed by atoms with Gasteiger partial charge in [0, 0.05) is 17.7 Å². The molecule has 0 bridgehead atoms. The second kappa shape index (κ2) is 6.70. The Bertz CT molecular complexity index is 498. The molecule has 0 aromatic heterocycles. The molecule has 0 unspecified atom stereocenters. The molecule has 0 atom stereocenters. The third-order valence-electron chi connectivity index (χ3n) is 2.86. The van der Waals surface area contributed by atoms with Crippen molar-refractivity contribution in [2.75, 3.05) is 11.9 Å². The van der Waals surface area contributed by atoms with E-state index in [4.69, 9.17) is 17.0 Å². The normalized spacial score (nSPS) is 13.9. The van der Waals surface area contributed by atoms with Crippen LogP contribution in [0.1, 0.15) is 26.7 Å². The Morgan fingerprint density at radius 1 is 1.45 bits per heavy atom. The van der Waals surface area contributed by atoms with Gasteiger partial charge in [-0.2, -0.15) is 0 Å². The third-order valence-corrected chi connectivity index (χ3v) is 3.06. The fourth-order valence-electron chi connectivity index (χ4n) is 1.65. The standard InChI is InChI=1S/C15H20N2O2S/c1-10(2)9-19-13-5-3-4-12(8-13)16-15(20)17-14(18)11-6-7-11/h3-5,8,10-11H,6-7,9H2,1-2H3,(H2,16,17,18,20). The van der Waals surface area contributed by atoms with Gasteiger partial charge in [0.1, 0.15) is 5.75 Å². The molecule has 0 spiro atoms. The molecule has 4 nitrogen and oxygen atoms in total. The molecule has 2 rings (SSSR count). The molecule has 0 aliphatic heterocycles. The van der Waals surface area contributed by atoms with Gasteiger partial charge >= 0.3 is 0 Å². The van der Waals surface area contributed by atoms with E-state index in [1.165, 1.54) is 0 Å². The summed E-state index contributed by atoms with van der Waals surface area (Å²) in [5.41, 5.74) is 0.812. The maximum Gasteiger partial charge on any atom is 0.229 e. The molecular weight excluding hydrogens is 272 g/mol. The van der Waals surface area contributed by atoms with E-state index in [1.807, 2.05) is 24.3 Å². The van der Waals surface area contributed by atoms with Gasteiger partial charge in [-0.1, -0.05) is 19.9 Å². The zero-order valence-electron chi connectivity index (χ0n) is 11.8. The van der Waals surface area contributed by atoms with Crippen LogP contribution in [0.2, 0.25) is 0 Å². The van der Waals surface area contributed by atoms with Crippen LogP contribution in [0.5, 0.6) is 5.75 Å². The van der Waals surface area contributed by atoms with Crippen molar-refractivity contribution < 1.29 is 9.53 Å². The predicted octanol–water partition coefficient (Wildman–Crippen LogP) is 2.94. The summed E-state index contributed by atoms with van der Waals surface area (Å²) in [5, 5.41) is 6.04. The lowest BCUT2D eigenvalue weighted by molar-refractivity contribution is -0.120. The maximum atomic E-state index is 11.6. The van der Waals surface area contributed by atoms with Crippen LogP contribution >= 0.6 is 12.2 Å². The molecule has 1 aromatic rings. The highest BCUT2D eigenvalue weighted by Crippen LogP contribution is 2.28. The van der Waals surface area contributed by atoms with Crippen LogP contribution < -0.4 is 15.4 Å². The van der Waals surface area contributed by atoms with E-state index in [1.54, 1.807) is 0 Å². The van der Waals surface area contributed by atoms with Crippen LogP contribution in [0.4, 0.5) is 5.69 Å². The minimum absolute atomic E-state index is 0.00899. The zero-order valence-corrected chi connectivity index (χ0v) is 12.6. The van der Waals surface area contributed by atoms with Crippen molar-refractivity contribution >= 4 is 28.9 Å². The van der Waals surface area contributed by atoms with E-state index in [9.17, 15) is 4.79 Å². The molecule has 0 saturated heterocycles. The second-order valence-electron chi connectivity index (χ2n) is 5.45. The first kappa shape index (κ1) is 14.8. The number of carbonyl (C=O) groups is 1. The summed E-state index contributed by atoms with van der Waals surface area (Å²) in [6.07, 6.45) is 1.93. The molecule has 5 heteroatoms. The van der Waals surface area contributed by atoms with Crippen molar-refractivity contribution in [1.82, 2.24) is 5.32 Å².